The quantitative estimate of drug-likeness (QED) is 0.779. The van der Waals surface area contributed by atoms with Gasteiger partial charge in [-0.2, -0.15) is 5.26 Å². The summed E-state index contributed by atoms with van der Waals surface area (Å²) in [5, 5.41) is 9.33. The van der Waals surface area contributed by atoms with E-state index in [9.17, 15) is 5.26 Å². The molecule has 0 atom stereocenters. The molecule has 0 unspecified atom stereocenters. The lowest BCUT2D eigenvalue weighted by atomic mass is 10.1. The second-order valence-corrected chi connectivity index (χ2v) is 6.00. The molecule has 0 aliphatic carbocycles. The van der Waals surface area contributed by atoms with Gasteiger partial charge in [0.25, 0.3) is 0 Å². The van der Waals surface area contributed by atoms with Gasteiger partial charge in [-0.1, -0.05) is 6.07 Å². The van der Waals surface area contributed by atoms with Gasteiger partial charge in [-0.25, -0.2) is 0 Å². The van der Waals surface area contributed by atoms with E-state index in [0.29, 0.717) is 5.88 Å². The van der Waals surface area contributed by atoms with Crippen LogP contribution in [-0.4, -0.2) is 63.2 Å². The van der Waals surface area contributed by atoms with Crippen molar-refractivity contribution < 1.29 is 0 Å². The first kappa shape index (κ1) is 16.1. The predicted octanol–water partition coefficient (Wildman–Crippen LogP) is 1.98. The molecule has 5 heteroatoms. The van der Waals surface area contributed by atoms with Crippen molar-refractivity contribution in [2.45, 2.75) is 5.88 Å². The summed E-state index contributed by atoms with van der Waals surface area (Å²) in [7, 11) is 4.21. The number of anilines is 1. The van der Waals surface area contributed by atoms with Crippen molar-refractivity contribution in [1.82, 2.24) is 9.80 Å². The number of benzene rings is 1. The number of piperazine rings is 1. The Morgan fingerprint density at radius 1 is 1.24 bits per heavy atom. The zero-order chi connectivity index (χ0) is 15.2. The molecule has 1 fully saturated rings. The van der Waals surface area contributed by atoms with Gasteiger partial charge in [0, 0.05) is 45.1 Å². The maximum absolute atomic E-state index is 9.33. The molecule has 1 aromatic rings. The molecule has 1 aliphatic rings. The lowest BCUT2D eigenvalue weighted by molar-refractivity contribution is 0.229. The van der Waals surface area contributed by atoms with Gasteiger partial charge in [0.05, 0.1) is 11.3 Å². The van der Waals surface area contributed by atoms with Gasteiger partial charge in [-0.05, 0) is 31.8 Å². The zero-order valence-electron chi connectivity index (χ0n) is 12.8. The number of hydrogen-bond acceptors (Lipinski definition) is 4. The summed E-state index contributed by atoms with van der Waals surface area (Å²) in [6, 6.07) is 8.25. The normalized spacial score (nSPS) is 16.2. The molecule has 1 aromatic carbocycles. The molecule has 0 N–H and O–H groups in total. The molecule has 0 spiro atoms. The van der Waals surface area contributed by atoms with Crippen LogP contribution in [-0.2, 0) is 5.88 Å². The van der Waals surface area contributed by atoms with E-state index in [1.165, 1.54) is 0 Å². The second-order valence-electron chi connectivity index (χ2n) is 5.73. The third-order valence-corrected chi connectivity index (χ3v) is 4.22. The first-order chi connectivity index (χ1) is 10.1. The summed E-state index contributed by atoms with van der Waals surface area (Å²) in [4.78, 5) is 7.00. The van der Waals surface area contributed by atoms with Crippen LogP contribution in [0.4, 0.5) is 5.69 Å². The van der Waals surface area contributed by atoms with Crippen LogP contribution in [0, 0.1) is 11.3 Å². The highest BCUT2D eigenvalue weighted by atomic mass is 35.5. The fourth-order valence-corrected chi connectivity index (χ4v) is 2.75. The molecular formula is C16H23ClN4. The monoisotopic (exact) mass is 306 g/mol. The Bertz CT molecular complexity index is 501. The minimum atomic E-state index is 0.452. The van der Waals surface area contributed by atoms with Crippen molar-refractivity contribution in [2.75, 3.05) is 58.3 Å². The standard InChI is InChI=1S/C16H23ClN4/c1-19(2)5-6-20-7-9-21(10-8-20)16-4-3-14(12-17)11-15(16)13-18/h3-4,11H,5-10,12H2,1-2H3. The van der Waals surface area contributed by atoms with Crippen LogP contribution in [0.2, 0.25) is 0 Å². The Labute approximate surface area is 132 Å². The first-order valence-corrected chi connectivity index (χ1v) is 7.88. The van der Waals surface area contributed by atoms with Crippen molar-refractivity contribution in [3.8, 4) is 6.07 Å². The Kier molecular flexibility index (Phi) is 5.86. The lowest BCUT2D eigenvalue weighted by Gasteiger charge is -2.36. The van der Waals surface area contributed by atoms with Crippen LogP contribution in [0.3, 0.4) is 0 Å². The van der Waals surface area contributed by atoms with Crippen LogP contribution in [0.15, 0.2) is 18.2 Å². The van der Waals surface area contributed by atoms with Gasteiger partial charge in [0.15, 0.2) is 0 Å². The maximum atomic E-state index is 9.33. The van der Waals surface area contributed by atoms with Crippen LogP contribution in [0.1, 0.15) is 11.1 Å². The Morgan fingerprint density at radius 3 is 2.52 bits per heavy atom. The molecule has 2 rings (SSSR count). The van der Waals surface area contributed by atoms with Gasteiger partial charge >= 0.3 is 0 Å². The third kappa shape index (κ3) is 4.34. The minimum Gasteiger partial charge on any atom is -0.368 e. The van der Waals surface area contributed by atoms with Crippen molar-refractivity contribution in [3.63, 3.8) is 0 Å². The SMILES string of the molecule is CN(C)CCN1CCN(c2ccc(CCl)cc2C#N)CC1. The number of halogens is 1. The largest absolute Gasteiger partial charge is 0.368 e. The summed E-state index contributed by atoms with van der Waals surface area (Å²) in [6.45, 7) is 6.25. The summed E-state index contributed by atoms with van der Waals surface area (Å²) < 4.78 is 0. The van der Waals surface area contributed by atoms with Gasteiger partial charge < -0.3 is 9.80 Å². The molecule has 0 radical (unpaired) electrons. The van der Waals surface area contributed by atoms with E-state index in [2.05, 4.69) is 34.9 Å². The van der Waals surface area contributed by atoms with Gasteiger partial charge in [-0.15, -0.1) is 11.6 Å². The van der Waals surface area contributed by atoms with Crippen LogP contribution in [0.5, 0.6) is 0 Å². The zero-order valence-corrected chi connectivity index (χ0v) is 13.6. The average Bonchev–Trinajstić information content (AvgIpc) is 2.52. The number of nitrogens with zero attached hydrogens (tertiary/aromatic N) is 4. The number of nitriles is 1. The molecule has 21 heavy (non-hydrogen) atoms. The van der Waals surface area contributed by atoms with E-state index in [0.717, 1.165) is 56.1 Å². The van der Waals surface area contributed by atoms with Crippen molar-refractivity contribution in [2.24, 2.45) is 0 Å². The highest BCUT2D eigenvalue weighted by Crippen LogP contribution is 2.23. The molecule has 0 saturated carbocycles. The fourth-order valence-electron chi connectivity index (χ4n) is 2.59. The summed E-state index contributed by atoms with van der Waals surface area (Å²) in [5.74, 6) is 0.452. The number of hydrogen-bond donors (Lipinski definition) is 0. The van der Waals surface area contributed by atoms with Crippen molar-refractivity contribution in [3.05, 3.63) is 29.3 Å². The molecule has 1 saturated heterocycles. The molecule has 1 heterocycles. The molecular weight excluding hydrogens is 284 g/mol. The van der Waals surface area contributed by atoms with Crippen LogP contribution >= 0.6 is 11.6 Å². The summed E-state index contributed by atoms with van der Waals surface area (Å²) in [5.41, 5.74) is 2.77. The topological polar surface area (TPSA) is 33.5 Å². The van der Waals surface area contributed by atoms with Gasteiger partial charge in [0.1, 0.15) is 6.07 Å². The van der Waals surface area contributed by atoms with E-state index < -0.39 is 0 Å². The van der Waals surface area contributed by atoms with E-state index in [1.807, 2.05) is 18.2 Å². The van der Waals surface area contributed by atoms with Crippen LogP contribution < -0.4 is 4.90 Å². The van der Waals surface area contributed by atoms with E-state index >= 15 is 0 Å². The number of alkyl halides is 1. The predicted molar refractivity (Wildman–Crippen MR) is 87.9 cm³/mol. The van der Waals surface area contributed by atoms with Gasteiger partial charge in [0.2, 0.25) is 0 Å². The van der Waals surface area contributed by atoms with E-state index in [1.54, 1.807) is 0 Å². The first-order valence-electron chi connectivity index (χ1n) is 7.35. The molecule has 0 aromatic heterocycles. The minimum absolute atomic E-state index is 0.452. The van der Waals surface area contributed by atoms with Gasteiger partial charge in [-0.3, -0.25) is 4.90 Å². The van der Waals surface area contributed by atoms with E-state index in [-0.39, 0.29) is 0 Å². The average molecular weight is 307 g/mol. The lowest BCUT2D eigenvalue weighted by Crippen LogP contribution is -2.48. The van der Waals surface area contributed by atoms with Crippen molar-refractivity contribution in [1.29, 1.82) is 5.26 Å². The number of rotatable bonds is 5. The molecule has 4 nitrogen and oxygen atoms in total. The van der Waals surface area contributed by atoms with E-state index in [4.69, 9.17) is 11.6 Å². The highest BCUT2D eigenvalue weighted by Gasteiger charge is 2.19. The smallest absolute Gasteiger partial charge is 0.101 e. The Morgan fingerprint density at radius 2 is 1.95 bits per heavy atom. The van der Waals surface area contributed by atoms with Crippen LogP contribution in [0.25, 0.3) is 0 Å². The maximum Gasteiger partial charge on any atom is 0.101 e. The Hall–Kier alpha value is -1.28. The highest BCUT2D eigenvalue weighted by molar-refractivity contribution is 6.17. The Balaban J connectivity index is 1.97. The third-order valence-electron chi connectivity index (χ3n) is 3.91. The summed E-state index contributed by atoms with van der Waals surface area (Å²) in [6.07, 6.45) is 0. The molecule has 0 amide bonds. The second kappa shape index (κ2) is 7.65. The number of likely N-dealkylation sites (N-methyl/N-ethyl adjacent to an activating group) is 1. The molecule has 114 valence electrons. The fraction of sp³-hybridized carbons (Fsp3) is 0.562. The molecule has 0 bridgehead atoms. The molecule has 1 aliphatic heterocycles. The summed E-state index contributed by atoms with van der Waals surface area (Å²) >= 11 is 5.84. The van der Waals surface area contributed by atoms with Crippen molar-refractivity contribution >= 4 is 17.3 Å².